The molecule has 2 aromatic carbocycles. The standard InChI is InChI=1S/C19H20N2O4/c1-4-9-20-19(23)16-7-5-6-8-17(16)21-18(22)13-10-14(24-2)12-15(11-13)25-3/h4-8,10-12H,1,9H2,2-3H3,(H,20,23)(H,21,22). The number of carbonyl (C=O) groups excluding carboxylic acids is 2. The van der Waals surface area contributed by atoms with Crippen LogP contribution in [0.4, 0.5) is 5.69 Å². The van der Waals surface area contributed by atoms with Gasteiger partial charge in [0.15, 0.2) is 0 Å². The van der Waals surface area contributed by atoms with Crippen molar-refractivity contribution in [1.29, 1.82) is 0 Å². The highest BCUT2D eigenvalue weighted by atomic mass is 16.5. The second kappa shape index (κ2) is 8.54. The molecule has 0 aliphatic carbocycles. The Morgan fingerprint density at radius 1 is 1.04 bits per heavy atom. The molecule has 0 fully saturated rings. The molecule has 0 aliphatic heterocycles. The molecular weight excluding hydrogens is 320 g/mol. The number of anilines is 1. The molecule has 6 heteroatoms. The lowest BCUT2D eigenvalue weighted by Crippen LogP contribution is -2.25. The number of ether oxygens (including phenoxy) is 2. The molecule has 0 unspecified atom stereocenters. The minimum Gasteiger partial charge on any atom is -0.497 e. The summed E-state index contributed by atoms with van der Waals surface area (Å²) in [5.74, 6) is 0.336. The fourth-order valence-corrected chi connectivity index (χ4v) is 2.18. The van der Waals surface area contributed by atoms with Crippen LogP contribution in [0.3, 0.4) is 0 Å². The smallest absolute Gasteiger partial charge is 0.255 e. The number of para-hydroxylation sites is 1. The van der Waals surface area contributed by atoms with E-state index in [4.69, 9.17) is 9.47 Å². The summed E-state index contributed by atoms with van der Waals surface area (Å²) in [7, 11) is 3.02. The van der Waals surface area contributed by atoms with Gasteiger partial charge in [-0.3, -0.25) is 9.59 Å². The van der Waals surface area contributed by atoms with E-state index in [0.717, 1.165) is 0 Å². The van der Waals surface area contributed by atoms with Crippen LogP contribution in [0.5, 0.6) is 11.5 Å². The maximum atomic E-state index is 12.6. The number of amides is 2. The SMILES string of the molecule is C=CCNC(=O)c1ccccc1NC(=O)c1cc(OC)cc(OC)c1. The number of nitrogens with one attached hydrogen (secondary N) is 2. The minimum absolute atomic E-state index is 0.293. The highest BCUT2D eigenvalue weighted by Gasteiger charge is 2.15. The second-order valence-electron chi connectivity index (χ2n) is 5.10. The first-order valence-electron chi connectivity index (χ1n) is 7.61. The van der Waals surface area contributed by atoms with Gasteiger partial charge in [0.1, 0.15) is 11.5 Å². The molecule has 2 rings (SSSR count). The van der Waals surface area contributed by atoms with E-state index in [9.17, 15) is 9.59 Å². The van der Waals surface area contributed by atoms with Crippen LogP contribution in [-0.2, 0) is 0 Å². The summed E-state index contributed by atoms with van der Waals surface area (Å²) in [5.41, 5.74) is 1.14. The summed E-state index contributed by atoms with van der Waals surface area (Å²) in [6, 6.07) is 11.6. The highest BCUT2D eigenvalue weighted by molar-refractivity contribution is 6.09. The van der Waals surface area contributed by atoms with Crippen molar-refractivity contribution in [2.75, 3.05) is 26.1 Å². The van der Waals surface area contributed by atoms with Gasteiger partial charge in [-0.1, -0.05) is 18.2 Å². The van der Waals surface area contributed by atoms with Gasteiger partial charge in [0.05, 0.1) is 25.5 Å². The van der Waals surface area contributed by atoms with Gasteiger partial charge in [-0.25, -0.2) is 0 Å². The molecule has 0 aromatic heterocycles. The number of hydrogen-bond donors (Lipinski definition) is 2. The Morgan fingerprint density at radius 2 is 1.68 bits per heavy atom. The summed E-state index contributed by atoms with van der Waals surface area (Å²) in [6.45, 7) is 3.90. The van der Waals surface area contributed by atoms with Crippen LogP contribution in [0.15, 0.2) is 55.1 Å². The largest absolute Gasteiger partial charge is 0.497 e. The van der Waals surface area contributed by atoms with Crippen molar-refractivity contribution < 1.29 is 19.1 Å². The van der Waals surface area contributed by atoms with Gasteiger partial charge >= 0.3 is 0 Å². The van der Waals surface area contributed by atoms with Crippen molar-refractivity contribution in [2.45, 2.75) is 0 Å². The van der Waals surface area contributed by atoms with E-state index in [0.29, 0.717) is 34.9 Å². The van der Waals surface area contributed by atoms with Crippen LogP contribution in [0.1, 0.15) is 20.7 Å². The predicted molar refractivity (Wildman–Crippen MR) is 96.5 cm³/mol. The molecule has 130 valence electrons. The number of methoxy groups -OCH3 is 2. The number of hydrogen-bond acceptors (Lipinski definition) is 4. The fraction of sp³-hybridized carbons (Fsp3) is 0.158. The van der Waals surface area contributed by atoms with Crippen molar-refractivity contribution in [3.05, 3.63) is 66.2 Å². The molecule has 0 heterocycles. The van der Waals surface area contributed by atoms with Gasteiger partial charge in [-0.2, -0.15) is 0 Å². The van der Waals surface area contributed by atoms with Gasteiger partial charge in [-0.05, 0) is 24.3 Å². The zero-order valence-corrected chi connectivity index (χ0v) is 14.2. The summed E-state index contributed by atoms with van der Waals surface area (Å²) in [5, 5.41) is 5.44. The lowest BCUT2D eigenvalue weighted by molar-refractivity contribution is 0.0959. The van der Waals surface area contributed by atoms with Crippen LogP contribution in [0.2, 0.25) is 0 Å². The zero-order valence-electron chi connectivity index (χ0n) is 14.2. The molecule has 0 bridgehead atoms. The molecule has 0 spiro atoms. The summed E-state index contributed by atoms with van der Waals surface area (Å²) in [6.07, 6.45) is 1.58. The third-order valence-electron chi connectivity index (χ3n) is 3.44. The van der Waals surface area contributed by atoms with Crippen LogP contribution in [0.25, 0.3) is 0 Å². The third kappa shape index (κ3) is 4.60. The Balaban J connectivity index is 2.26. The van der Waals surface area contributed by atoms with Crippen molar-refractivity contribution in [3.63, 3.8) is 0 Å². The monoisotopic (exact) mass is 340 g/mol. The average Bonchev–Trinajstić information content (AvgIpc) is 2.65. The Kier molecular flexibility index (Phi) is 6.17. The molecule has 6 nitrogen and oxygen atoms in total. The molecular formula is C19H20N2O4. The van der Waals surface area contributed by atoms with Crippen LogP contribution in [-0.4, -0.2) is 32.6 Å². The number of carbonyl (C=O) groups is 2. The Bertz CT molecular complexity index is 764. The van der Waals surface area contributed by atoms with E-state index in [1.807, 2.05) is 0 Å². The predicted octanol–water partition coefficient (Wildman–Crippen LogP) is 2.87. The molecule has 2 aromatic rings. The summed E-state index contributed by atoms with van der Waals surface area (Å²) in [4.78, 5) is 24.8. The Morgan fingerprint density at radius 3 is 2.28 bits per heavy atom. The molecule has 0 saturated carbocycles. The first kappa shape index (κ1) is 18.1. The maximum absolute atomic E-state index is 12.6. The molecule has 2 N–H and O–H groups in total. The van der Waals surface area contributed by atoms with E-state index < -0.39 is 0 Å². The maximum Gasteiger partial charge on any atom is 0.255 e. The van der Waals surface area contributed by atoms with E-state index in [2.05, 4.69) is 17.2 Å². The number of benzene rings is 2. The van der Waals surface area contributed by atoms with E-state index in [-0.39, 0.29) is 11.8 Å². The lowest BCUT2D eigenvalue weighted by atomic mass is 10.1. The molecule has 0 saturated heterocycles. The summed E-state index contributed by atoms with van der Waals surface area (Å²) < 4.78 is 10.3. The molecule has 2 amide bonds. The fourth-order valence-electron chi connectivity index (χ4n) is 2.18. The molecule has 0 atom stereocenters. The topological polar surface area (TPSA) is 76.7 Å². The van der Waals surface area contributed by atoms with Crippen molar-refractivity contribution >= 4 is 17.5 Å². The first-order valence-corrected chi connectivity index (χ1v) is 7.61. The van der Waals surface area contributed by atoms with Crippen LogP contribution < -0.4 is 20.1 Å². The zero-order chi connectivity index (χ0) is 18.2. The second-order valence-corrected chi connectivity index (χ2v) is 5.10. The van der Waals surface area contributed by atoms with Crippen molar-refractivity contribution in [3.8, 4) is 11.5 Å². The van der Waals surface area contributed by atoms with Gasteiger partial charge in [0.2, 0.25) is 0 Å². The van der Waals surface area contributed by atoms with Gasteiger partial charge in [-0.15, -0.1) is 6.58 Å². The van der Waals surface area contributed by atoms with Crippen LogP contribution >= 0.6 is 0 Å². The third-order valence-corrected chi connectivity index (χ3v) is 3.44. The normalized spacial score (nSPS) is 9.84. The average molecular weight is 340 g/mol. The quantitative estimate of drug-likeness (QED) is 0.760. The summed E-state index contributed by atoms with van der Waals surface area (Å²) >= 11 is 0. The lowest BCUT2D eigenvalue weighted by Gasteiger charge is -2.12. The van der Waals surface area contributed by atoms with Gasteiger partial charge in [0.25, 0.3) is 11.8 Å². The van der Waals surface area contributed by atoms with Gasteiger partial charge in [0, 0.05) is 18.2 Å². The Hall–Kier alpha value is -3.28. The van der Waals surface area contributed by atoms with Crippen molar-refractivity contribution in [1.82, 2.24) is 5.32 Å². The molecule has 0 aliphatic rings. The van der Waals surface area contributed by atoms with Gasteiger partial charge < -0.3 is 20.1 Å². The Labute approximate surface area is 146 Å². The molecule has 25 heavy (non-hydrogen) atoms. The minimum atomic E-state index is -0.374. The van der Waals surface area contributed by atoms with E-state index in [1.54, 1.807) is 48.5 Å². The first-order chi connectivity index (χ1) is 12.1. The van der Waals surface area contributed by atoms with Crippen LogP contribution in [0, 0.1) is 0 Å². The van der Waals surface area contributed by atoms with E-state index in [1.165, 1.54) is 14.2 Å². The van der Waals surface area contributed by atoms with Crippen molar-refractivity contribution in [2.24, 2.45) is 0 Å². The molecule has 0 radical (unpaired) electrons. The van der Waals surface area contributed by atoms with E-state index >= 15 is 0 Å². The highest BCUT2D eigenvalue weighted by Crippen LogP contribution is 2.24. The number of rotatable bonds is 7.